The van der Waals surface area contributed by atoms with Crippen LogP contribution >= 0.6 is 15.9 Å². The summed E-state index contributed by atoms with van der Waals surface area (Å²) < 4.78 is 6.24. The van der Waals surface area contributed by atoms with E-state index in [0.717, 1.165) is 0 Å². The maximum Gasteiger partial charge on any atom is 0.311 e. The van der Waals surface area contributed by atoms with E-state index in [1.807, 2.05) is 0 Å². The first-order chi connectivity index (χ1) is 10.0. The first-order valence-corrected chi connectivity index (χ1v) is 6.51. The number of nitro benzene ring substituents is 1. The van der Waals surface area contributed by atoms with Crippen molar-refractivity contribution in [2.75, 3.05) is 0 Å². The minimum absolute atomic E-state index is 0.0665. The van der Waals surface area contributed by atoms with E-state index in [4.69, 9.17) is 15.7 Å². The number of nitro groups is 1. The highest BCUT2D eigenvalue weighted by molar-refractivity contribution is 9.10. The normalized spacial score (nSPS) is 11.2. The second-order valence-corrected chi connectivity index (χ2v) is 4.87. The Balaban J connectivity index is 2.48. The van der Waals surface area contributed by atoms with Gasteiger partial charge in [-0.2, -0.15) is 0 Å². The lowest BCUT2D eigenvalue weighted by Gasteiger charge is -2.10. The van der Waals surface area contributed by atoms with E-state index >= 15 is 0 Å². The molecule has 3 N–H and O–H groups in total. The molecule has 108 valence electrons. The lowest BCUT2D eigenvalue weighted by molar-refractivity contribution is -0.385. The molecule has 21 heavy (non-hydrogen) atoms. The number of hydrogen-bond donors (Lipinski definition) is 2. The number of rotatable bonds is 4. The molecule has 0 amide bonds. The Morgan fingerprint density at radius 3 is 2.67 bits per heavy atom. The third kappa shape index (κ3) is 3.29. The maximum absolute atomic E-state index is 11.0. The van der Waals surface area contributed by atoms with Crippen molar-refractivity contribution in [1.82, 2.24) is 0 Å². The SMILES string of the molecule is N/C(=N/O)c1cc(Br)ccc1Oc1ccccc1[N+](=O)[O-]. The molecule has 7 nitrogen and oxygen atoms in total. The molecule has 0 atom stereocenters. The minimum atomic E-state index is -0.544. The summed E-state index contributed by atoms with van der Waals surface area (Å²) in [6.45, 7) is 0. The summed E-state index contributed by atoms with van der Waals surface area (Å²) in [6.07, 6.45) is 0. The van der Waals surface area contributed by atoms with Crippen molar-refractivity contribution in [3.63, 3.8) is 0 Å². The Morgan fingerprint density at radius 2 is 2.00 bits per heavy atom. The first kappa shape index (κ1) is 14.8. The summed E-state index contributed by atoms with van der Waals surface area (Å²) in [6, 6.07) is 10.8. The third-order valence-electron chi connectivity index (χ3n) is 2.61. The zero-order valence-electron chi connectivity index (χ0n) is 10.6. The van der Waals surface area contributed by atoms with Crippen molar-refractivity contribution in [3.8, 4) is 11.5 Å². The number of halogens is 1. The number of benzene rings is 2. The molecule has 0 spiro atoms. The van der Waals surface area contributed by atoms with Gasteiger partial charge in [0.05, 0.1) is 10.5 Å². The van der Waals surface area contributed by atoms with Crippen LogP contribution in [0.4, 0.5) is 5.69 Å². The number of para-hydroxylation sites is 2. The van der Waals surface area contributed by atoms with Gasteiger partial charge in [-0.05, 0) is 24.3 Å². The molecular formula is C13H10BrN3O4. The summed E-state index contributed by atoms with van der Waals surface area (Å²) in [5.41, 5.74) is 5.72. The zero-order chi connectivity index (χ0) is 15.4. The lowest BCUT2D eigenvalue weighted by Crippen LogP contribution is -2.14. The van der Waals surface area contributed by atoms with Crippen LogP contribution in [0.2, 0.25) is 0 Å². The summed E-state index contributed by atoms with van der Waals surface area (Å²) in [4.78, 5) is 10.4. The lowest BCUT2D eigenvalue weighted by atomic mass is 10.2. The monoisotopic (exact) mass is 351 g/mol. The predicted molar refractivity (Wildman–Crippen MR) is 79.8 cm³/mol. The molecule has 8 heteroatoms. The smallest absolute Gasteiger partial charge is 0.311 e. The molecule has 0 saturated heterocycles. The second kappa shape index (κ2) is 6.23. The highest BCUT2D eigenvalue weighted by Crippen LogP contribution is 2.33. The van der Waals surface area contributed by atoms with Gasteiger partial charge in [-0.15, -0.1) is 0 Å². The Hall–Kier alpha value is -2.61. The molecule has 0 aromatic heterocycles. The average molecular weight is 352 g/mol. The fourth-order valence-electron chi connectivity index (χ4n) is 1.66. The third-order valence-corrected chi connectivity index (χ3v) is 3.10. The molecule has 2 aromatic carbocycles. The van der Waals surface area contributed by atoms with E-state index in [9.17, 15) is 10.1 Å². The number of hydrogen-bond acceptors (Lipinski definition) is 5. The number of ether oxygens (including phenoxy) is 1. The van der Waals surface area contributed by atoms with Crippen LogP contribution in [-0.2, 0) is 0 Å². The highest BCUT2D eigenvalue weighted by atomic mass is 79.9. The van der Waals surface area contributed by atoms with Crippen LogP contribution in [-0.4, -0.2) is 16.0 Å². The maximum atomic E-state index is 11.0. The van der Waals surface area contributed by atoms with Crippen molar-refractivity contribution in [2.24, 2.45) is 10.9 Å². The van der Waals surface area contributed by atoms with Gasteiger partial charge in [-0.3, -0.25) is 10.1 Å². The molecule has 0 aliphatic heterocycles. The standard InChI is InChI=1S/C13H10BrN3O4/c14-8-5-6-11(9(7-8)13(15)16-18)21-12-4-2-1-3-10(12)17(19)20/h1-7,18H,(H2,15,16). The number of amidine groups is 1. The van der Waals surface area contributed by atoms with Gasteiger partial charge in [-0.1, -0.05) is 33.2 Å². The van der Waals surface area contributed by atoms with Crippen molar-refractivity contribution in [3.05, 3.63) is 62.6 Å². The van der Waals surface area contributed by atoms with Gasteiger partial charge >= 0.3 is 5.69 Å². The van der Waals surface area contributed by atoms with Gasteiger partial charge in [0.25, 0.3) is 0 Å². The summed E-state index contributed by atoms with van der Waals surface area (Å²) in [5, 5.41) is 22.7. The summed E-state index contributed by atoms with van der Waals surface area (Å²) >= 11 is 3.26. The van der Waals surface area contributed by atoms with Crippen LogP contribution in [0.3, 0.4) is 0 Å². The molecule has 0 aliphatic rings. The number of oxime groups is 1. The molecule has 0 saturated carbocycles. The minimum Gasteiger partial charge on any atom is -0.449 e. The Morgan fingerprint density at radius 1 is 1.29 bits per heavy atom. The molecule has 0 unspecified atom stereocenters. The molecular weight excluding hydrogens is 342 g/mol. The van der Waals surface area contributed by atoms with E-state index in [-0.39, 0.29) is 23.0 Å². The van der Waals surface area contributed by atoms with Gasteiger partial charge in [0.15, 0.2) is 5.84 Å². The Labute approximate surface area is 127 Å². The second-order valence-electron chi connectivity index (χ2n) is 3.95. The van der Waals surface area contributed by atoms with Gasteiger partial charge in [-0.25, -0.2) is 0 Å². The van der Waals surface area contributed by atoms with Crippen molar-refractivity contribution in [1.29, 1.82) is 0 Å². The quantitative estimate of drug-likeness (QED) is 0.288. The summed E-state index contributed by atoms with van der Waals surface area (Å²) in [5.74, 6) is 0.143. The fraction of sp³-hybridized carbons (Fsp3) is 0. The van der Waals surface area contributed by atoms with Crippen LogP contribution < -0.4 is 10.5 Å². The Bertz CT molecular complexity index is 718. The van der Waals surface area contributed by atoms with Crippen LogP contribution in [0.25, 0.3) is 0 Å². The molecule has 0 fully saturated rings. The van der Waals surface area contributed by atoms with E-state index in [0.29, 0.717) is 10.0 Å². The first-order valence-electron chi connectivity index (χ1n) is 5.71. The number of nitrogens with zero attached hydrogens (tertiary/aromatic N) is 2. The van der Waals surface area contributed by atoms with E-state index < -0.39 is 4.92 Å². The van der Waals surface area contributed by atoms with Crippen molar-refractivity contribution < 1.29 is 14.9 Å². The molecule has 0 aliphatic carbocycles. The molecule has 0 radical (unpaired) electrons. The van der Waals surface area contributed by atoms with Gasteiger partial charge in [0.1, 0.15) is 5.75 Å². The number of nitrogens with two attached hydrogens (primary N) is 1. The van der Waals surface area contributed by atoms with Crippen molar-refractivity contribution in [2.45, 2.75) is 0 Å². The largest absolute Gasteiger partial charge is 0.449 e. The van der Waals surface area contributed by atoms with E-state index in [2.05, 4.69) is 21.1 Å². The molecule has 0 bridgehead atoms. The van der Waals surface area contributed by atoms with Gasteiger partial charge in [0, 0.05) is 10.5 Å². The summed E-state index contributed by atoms with van der Waals surface area (Å²) in [7, 11) is 0. The van der Waals surface area contributed by atoms with Crippen LogP contribution in [0.15, 0.2) is 52.1 Å². The van der Waals surface area contributed by atoms with Crippen LogP contribution in [0.1, 0.15) is 5.56 Å². The fourth-order valence-corrected chi connectivity index (χ4v) is 2.02. The van der Waals surface area contributed by atoms with Crippen LogP contribution in [0, 0.1) is 10.1 Å². The zero-order valence-corrected chi connectivity index (χ0v) is 12.1. The topological polar surface area (TPSA) is 111 Å². The molecule has 2 rings (SSSR count). The predicted octanol–water partition coefficient (Wildman–Crippen LogP) is 3.24. The highest BCUT2D eigenvalue weighted by Gasteiger charge is 2.17. The van der Waals surface area contributed by atoms with Gasteiger partial charge < -0.3 is 15.7 Å². The van der Waals surface area contributed by atoms with E-state index in [1.54, 1.807) is 24.3 Å². The van der Waals surface area contributed by atoms with Crippen LogP contribution in [0.5, 0.6) is 11.5 Å². The molecule has 2 aromatic rings. The average Bonchev–Trinajstić information content (AvgIpc) is 2.48. The van der Waals surface area contributed by atoms with Crippen molar-refractivity contribution >= 4 is 27.5 Å². The molecule has 0 heterocycles. The van der Waals surface area contributed by atoms with E-state index in [1.165, 1.54) is 18.2 Å². The Kier molecular flexibility index (Phi) is 4.39. The van der Waals surface area contributed by atoms with Gasteiger partial charge in [0.2, 0.25) is 5.75 Å².